The number of anilines is 1. The molecule has 7 nitrogen and oxygen atoms in total. The van der Waals surface area contributed by atoms with E-state index in [9.17, 15) is 9.90 Å². The van der Waals surface area contributed by atoms with Gasteiger partial charge in [0.15, 0.2) is 5.82 Å². The Hall–Kier alpha value is -3.35. The molecule has 1 saturated heterocycles. The number of fused-ring (bicyclic) bond motifs is 1. The van der Waals surface area contributed by atoms with Crippen LogP contribution in [-0.2, 0) is 4.74 Å². The number of nitrogens with zero attached hydrogens (tertiary/aromatic N) is 4. The van der Waals surface area contributed by atoms with E-state index < -0.39 is 5.60 Å². The lowest BCUT2D eigenvalue weighted by atomic mass is 10.1. The zero-order chi connectivity index (χ0) is 22.9. The van der Waals surface area contributed by atoms with Gasteiger partial charge in [-0.15, -0.1) is 0 Å². The Morgan fingerprint density at radius 2 is 1.81 bits per heavy atom. The lowest BCUT2D eigenvalue weighted by Gasteiger charge is -2.27. The molecule has 168 valence electrons. The van der Waals surface area contributed by atoms with Crippen molar-refractivity contribution in [3.05, 3.63) is 48.0 Å². The van der Waals surface area contributed by atoms with Crippen LogP contribution in [0.4, 0.5) is 10.6 Å². The monoisotopic (exact) mass is 434 g/mol. The van der Waals surface area contributed by atoms with Crippen molar-refractivity contribution in [3.8, 4) is 17.1 Å². The van der Waals surface area contributed by atoms with Crippen LogP contribution in [-0.4, -0.2) is 57.8 Å². The summed E-state index contributed by atoms with van der Waals surface area (Å²) in [5, 5.41) is 11.3. The van der Waals surface area contributed by atoms with Gasteiger partial charge in [0.2, 0.25) is 0 Å². The highest BCUT2D eigenvalue weighted by atomic mass is 16.6. The third kappa shape index (κ3) is 4.77. The van der Waals surface area contributed by atoms with Gasteiger partial charge in [-0.1, -0.05) is 18.2 Å². The quantitative estimate of drug-likeness (QED) is 0.627. The van der Waals surface area contributed by atoms with E-state index in [0.29, 0.717) is 31.0 Å². The minimum absolute atomic E-state index is 0.150. The molecule has 1 aromatic heterocycles. The maximum Gasteiger partial charge on any atom is 0.410 e. The number of aromatic hydroxyl groups is 1. The summed E-state index contributed by atoms with van der Waals surface area (Å²) in [6, 6.07) is 13.3. The number of carbonyl (C=O) groups excluding carboxylic acids is 1. The highest BCUT2D eigenvalue weighted by Gasteiger charge is 2.26. The smallest absolute Gasteiger partial charge is 0.410 e. The fourth-order valence-electron chi connectivity index (χ4n) is 3.89. The highest BCUT2D eigenvalue weighted by Crippen LogP contribution is 2.32. The van der Waals surface area contributed by atoms with Crippen LogP contribution < -0.4 is 4.90 Å². The lowest BCUT2D eigenvalue weighted by molar-refractivity contribution is 0.0263. The van der Waals surface area contributed by atoms with Crippen LogP contribution in [0.5, 0.6) is 5.75 Å². The summed E-state index contributed by atoms with van der Waals surface area (Å²) in [4.78, 5) is 26.2. The number of phenols is 1. The molecule has 0 bridgehead atoms. The number of carbonyl (C=O) groups is 1. The number of rotatable bonds is 2. The summed E-state index contributed by atoms with van der Waals surface area (Å²) >= 11 is 0. The molecule has 1 aliphatic rings. The van der Waals surface area contributed by atoms with Gasteiger partial charge in [-0.05, 0) is 63.9 Å². The van der Waals surface area contributed by atoms with E-state index in [2.05, 4.69) is 11.0 Å². The first-order valence-corrected chi connectivity index (χ1v) is 11.0. The average Bonchev–Trinajstić information content (AvgIpc) is 2.98. The molecule has 3 aromatic rings. The van der Waals surface area contributed by atoms with Crippen LogP contribution >= 0.6 is 0 Å². The zero-order valence-corrected chi connectivity index (χ0v) is 19.1. The molecule has 1 N–H and O–H groups in total. The van der Waals surface area contributed by atoms with Crippen molar-refractivity contribution in [2.45, 2.75) is 39.7 Å². The molecule has 7 heteroatoms. The molecule has 2 aromatic carbocycles. The van der Waals surface area contributed by atoms with E-state index in [4.69, 9.17) is 14.7 Å². The second-order valence-electron chi connectivity index (χ2n) is 9.22. The molecule has 4 rings (SSSR count). The van der Waals surface area contributed by atoms with Crippen molar-refractivity contribution in [2.75, 3.05) is 31.1 Å². The predicted molar refractivity (Wildman–Crippen MR) is 126 cm³/mol. The van der Waals surface area contributed by atoms with Gasteiger partial charge in [-0.3, -0.25) is 0 Å². The van der Waals surface area contributed by atoms with Gasteiger partial charge in [0.05, 0.1) is 11.1 Å². The standard InChI is InChI=1S/C25H30N4O3/c1-17-10-11-18-20(16-17)26-22(19-8-5-6-9-21(19)30)27-23(18)28-12-7-13-29(15-14-28)24(31)32-25(2,3)4/h5-6,8-11,16,30H,7,12-15H2,1-4H3. The molecule has 0 radical (unpaired) electrons. The minimum atomic E-state index is -0.517. The zero-order valence-electron chi connectivity index (χ0n) is 19.1. The number of amides is 1. The normalized spacial score (nSPS) is 15.0. The second-order valence-corrected chi connectivity index (χ2v) is 9.22. The van der Waals surface area contributed by atoms with Crippen molar-refractivity contribution < 1.29 is 14.6 Å². The van der Waals surface area contributed by atoms with Gasteiger partial charge in [-0.2, -0.15) is 0 Å². The number of benzene rings is 2. The number of hydrogen-bond acceptors (Lipinski definition) is 6. The molecule has 0 spiro atoms. The van der Waals surface area contributed by atoms with Gasteiger partial charge < -0.3 is 19.6 Å². The first-order chi connectivity index (χ1) is 15.2. The van der Waals surface area contributed by atoms with Crippen LogP contribution in [0.15, 0.2) is 42.5 Å². The molecular formula is C25H30N4O3. The Morgan fingerprint density at radius 1 is 1.03 bits per heavy atom. The van der Waals surface area contributed by atoms with Crippen LogP contribution in [0.25, 0.3) is 22.3 Å². The molecule has 0 aliphatic carbocycles. The number of hydrogen-bond donors (Lipinski definition) is 1. The van der Waals surface area contributed by atoms with E-state index in [1.807, 2.05) is 52.0 Å². The van der Waals surface area contributed by atoms with Crippen molar-refractivity contribution in [1.29, 1.82) is 0 Å². The Balaban J connectivity index is 1.69. The maximum absolute atomic E-state index is 12.6. The van der Waals surface area contributed by atoms with Crippen LogP contribution in [0.3, 0.4) is 0 Å². The minimum Gasteiger partial charge on any atom is -0.507 e. The molecule has 1 aliphatic heterocycles. The van der Waals surface area contributed by atoms with Gasteiger partial charge in [-0.25, -0.2) is 14.8 Å². The van der Waals surface area contributed by atoms with Crippen LogP contribution in [0.1, 0.15) is 32.8 Å². The van der Waals surface area contributed by atoms with Crippen molar-refractivity contribution in [1.82, 2.24) is 14.9 Å². The number of phenolic OH excluding ortho intramolecular Hbond substituents is 1. The van der Waals surface area contributed by atoms with Crippen LogP contribution in [0.2, 0.25) is 0 Å². The van der Waals surface area contributed by atoms with E-state index in [-0.39, 0.29) is 11.8 Å². The Bertz CT molecular complexity index is 1140. The van der Waals surface area contributed by atoms with Crippen molar-refractivity contribution in [2.24, 2.45) is 0 Å². The van der Waals surface area contributed by atoms with E-state index in [1.165, 1.54) is 0 Å². The van der Waals surface area contributed by atoms with E-state index in [0.717, 1.165) is 35.2 Å². The second kappa shape index (κ2) is 8.65. The number of ether oxygens (including phenoxy) is 1. The Morgan fingerprint density at radius 3 is 2.56 bits per heavy atom. The maximum atomic E-state index is 12.6. The molecular weight excluding hydrogens is 404 g/mol. The first-order valence-electron chi connectivity index (χ1n) is 11.0. The lowest BCUT2D eigenvalue weighted by Crippen LogP contribution is -2.39. The van der Waals surface area contributed by atoms with Crippen LogP contribution in [0, 0.1) is 6.92 Å². The highest BCUT2D eigenvalue weighted by molar-refractivity contribution is 5.92. The Kier molecular flexibility index (Phi) is 5.91. The number of aromatic nitrogens is 2. The van der Waals surface area contributed by atoms with Gasteiger partial charge in [0, 0.05) is 31.6 Å². The summed E-state index contributed by atoms with van der Waals surface area (Å²) in [5.41, 5.74) is 2.03. The van der Waals surface area contributed by atoms with E-state index >= 15 is 0 Å². The van der Waals surface area contributed by atoms with Gasteiger partial charge >= 0.3 is 6.09 Å². The average molecular weight is 435 g/mol. The van der Waals surface area contributed by atoms with Gasteiger partial charge in [0.25, 0.3) is 0 Å². The number of para-hydroxylation sites is 1. The fourth-order valence-corrected chi connectivity index (χ4v) is 3.89. The van der Waals surface area contributed by atoms with E-state index in [1.54, 1.807) is 17.0 Å². The van der Waals surface area contributed by atoms with Crippen molar-refractivity contribution >= 4 is 22.8 Å². The number of aryl methyl sites for hydroxylation is 1. The molecule has 1 fully saturated rings. The predicted octanol–water partition coefficient (Wildman–Crippen LogP) is 4.76. The third-order valence-corrected chi connectivity index (χ3v) is 5.42. The summed E-state index contributed by atoms with van der Waals surface area (Å²) in [5.74, 6) is 1.46. The molecule has 0 saturated carbocycles. The summed E-state index contributed by atoms with van der Waals surface area (Å²) in [6.07, 6.45) is 0.528. The molecule has 1 amide bonds. The summed E-state index contributed by atoms with van der Waals surface area (Å²) in [7, 11) is 0. The molecule has 0 atom stereocenters. The van der Waals surface area contributed by atoms with Gasteiger partial charge in [0.1, 0.15) is 17.2 Å². The Labute approximate surface area is 188 Å². The molecule has 32 heavy (non-hydrogen) atoms. The summed E-state index contributed by atoms with van der Waals surface area (Å²) < 4.78 is 5.56. The topological polar surface area (TPSA) is 78.8 Å². The van der Waals surface area contributed by atoms with Crippen molar-refractivity contribution in [3.63, 3.8) is 0 Å². The fraction of sp³-hybridized carbons (Fsp3) is 0.400. The third-order valence-electron chi connectivity index (χ3n) is 5.42. The molecule has 2 heterocycles. The first kappa shape index (κ1) is 21.9. The summed E-state index contributed by atoms with van der Waals surface area (Å²) in [6.45, 7) is 10.3. The SMILES string of the molecule is Cc1ccc2c(N3CCCN(C(=O)OC(C)(C)C)CC3)nc(-c3ccccc3O)nc2c1. The largest absolute Gasteiger partial charge is 0.507 e. The molecule has 0 unspecified atom stereocenters.